The van der Waals surface area contributed by atoms with Gasteiger partial charge in [-0.05, 0) is 49.7 Å². The number of carbonyl (C=O) groups excluding carboxylic acids is 1. The zero-order valence-electron chi connectivity index (χ0n) is 12.8. The molecule has 3 rings (SSSR count). The molecular formula is C17H25NO2S. The maximum Gasteiger partial charge on any atom is 0.261 e. The number of hydrogen-bond acceptors (Lipinski definition) is 3. The molecule has 116 valence electrons. The van der Waals surface area contributed by atoms with Crippen LogP contribution in [0.3, 0.4) is 0 Å². The van der Waals surface area contributed by atoms with Crippen molar-refractivity contribution >= 4 is 17.2 Å². The van der Waals surface area contributed by atoms with E-state index in [1.54, 1.807) is 11.3 Å². The van der Waals surface area contributed by atoms with Crippen LogP contribution in [0.1, 0.15) is 65.6 Å². The van der Waals surface area contributed by atoms with Gasteiger partial charge in [0.05, 0.1) is 17.0 Å². The molecule has 1 aromatic rings. The minimum absolute atomic E-state index is 0.0120. The fraction of sp³-hybridized carbons (Fsp3) is 0.706. The second-order valence-corrected chi connectivity index (χ2v) is 8.00. The van der Waals surface area contributed by atoms with Gasteiger partial charge in [-0.1, -0.05) is 26.2 Å². The molecule has 0 bridgehead atoms. The molecule has 1 heterocycles. The van der Waals surface area contributed by atoms with Crippen LogP contribution in [0, 0.1) is 5.92 Å². The minimum atomic E-state index is -0.382. The predicted molar refractivity (Wildman–Crippen MR) is 85.9 cm³/mol. The van der Waals surface area contributed by atoms with E-state index in [-0.39, 0.29) is 18.1 Å². The lowest BCUT2D eigenvalue weighted by atomic mass is 9.82. The molecule has 1 saturated carbocycles. The van der Waals surface area contributed by atoms with Gasteiger partial charge in [0.15, 0.2) is 0 Å². The number of aliphatic hydroxyl groups is 1. The van der Waals surface area contributed by atoms with Gasteiger partial charge in [-0.25, -0.2) is 0 Å². The Bertz CT molecular complexity index is 517. The van der Waals surface area contributed by atoms with Gasteiger partial charge in [0, 0.05) is 4.88 Å². The van der Waals surface area contributed by atoms with Crippen LogP contribution < -0.4 is 5.32 Å². The summed E-state index contributed by atoms with van der Waals surface area (Å²) in [6.07, 6.45) is 8.65. The Hall–Kier alpha value is -0.870. The molecule has 0 saturated heterocycles. The van der Waals surface area contributed by atoms with E-state index >= 15 is 0 Å². The van der Waals surface area contributed by atoms with Crippen LogP contribution in [-0.2, 0) is 12.8 Å². The second kappa shape index (κ2) is 6.09. The van der Waals surface area contributed by atoms with Crippen molar-refractivity contribution in [1.29, 1.82) is 0 Å². The van der Waals surface area contributed by atoms with Gasteiger partial charge in [0.2, 0.25) is 0 Å². The Labute approximate surface area is 130 Å². The SMILES string of the molecule is CC1CCc2sc(C(=O)NC3(CO)CCCCC3)cc2C1. The lowest BCUT2D eigenvalue weighted by Crippen LogP contribution is -2.52. The van der Waals surface area contributed by atoms with Crippen LogP contribution in [0.15, 0.2) is 6.07 Å². The third kappa shape index (κ3) is 3.16. The highest BCUT2D eigenvalue weighted by Crippen LogP contribution is 2.33. The lowest BCUT2D eigenvalue weighted by molar-refractivity contribution is 0.0762. The highest BCUT2D eigenvalue weighted by atomic mass is 32.1. The number of fused-ring (bicyclic) bond motifs is 1. The summed E-state index contributed by atoms with van der Waals surface area (Å²) in [4.78, 5) is 14.8. The molecule has 1 amide bonds. The van der Waals surface area contributed by atoms with Crippen molar-refractivity contribution in [3.8, 4) is 0 Å². The number of hydrogen-bond donors (Lipinski definition) is 2. The average Bonchev–Trinajstić information content (AvgIpc) is 2.91. The molecule has 0 aromatic carbocycles. The van der Waals surface area contributed by atoms with Gasteiger partial charge in [0.25, 0.3) is 5.91 Å². The summed E-state index contributed by atoms with van der Waals surface area (Å²) in [6.45, 7) is 2.34. The maximum atomic E-state index is 12.6. The van der Waals surface area contributed by atoms with Crippen molar-refractivity contribution in [2.24, 2.45) is 5.92 Å². The van der Waals surface area contributed by atoms with Crippen molar-refractivity contribution in [3.05, 3.63) is 21.4 Å². The van der Waals surface area contributed by atoms with Crippen molar-refractivity contribution in [2.75, 3.05) is 6.61 Å². The van der Waals surface area contributed by atoms with Crippen LogP contribution in [-0.4, -0.2) is 23.2 Å². The summed E-state index contributed by atoms with van der Waals surface area (Å²) in [5.41, 5.74) is 0.984. The highest BCUT2D eigenvalue weighted by molar-refractivity contribution is 7.14. The van der Waals surface area contributed by atoms with Crippen molar-refractivity contribution in [1.82, 2.24) is 5.32 Å². The van der Waals surface area contributed by atoms with Crippen LogP contribution >= 0.6 is 11.3 Å². The van der Waals surface area contributed by atoms with Crippen molar-refractivity contribution < 1.29 is 9.90 Å². The third-order valence-electron chi connectivity index (χ3n) is 5.05. The Morgan fingerprint density at radius 3 is 2.90 bits per heavy atom. The van der Waals surface area contributed by atoms with Crippen LogP contribution in [0.5, 0.6) is 0 Å². The first-order valence-corrected chi connectivity index (χ1v) is 8.98. The third-order valence-corrected chi connectivity index (χ3v) is 6.28. The monoisotopic (exact) mass is 307 g/mol. The van der Waals surface area contributed by atoms with E-state index in [0.717, 1.165) is 49.3 Å². The summed E-state index contributed by atoms with van der Waals surface area (Å²) < 4.78 is 0. The number of carbonyl (C=O) groups is 1. The van der Waals surface area contributed by atoms with Gasteiger partial charge in [-0.2, -0.15) is 0 Å². The van der Waals surface area contributed by atoms with E-state index < -0.39 is 0 Å². The van der Waals surface area contributed by atoms with E-state index in [1.807, 2.05) is 0 Å². The molecule has 0 radical (unpaired) electrons. The van der Waals surface area contributed by atoms with Crippen LogP contribution in [0.25, 0.3) is 0 Å². The molecule has 1 fully saturated rings. The zero-order valence-corrected chi connectivity index (χ0v) is 13.6. The molecule has 2 N–H and O–H groups in total. The molecule has 1 unspecified atom stereocenters. The number of thiophene rings is 1. The quantitative estimate of drug-likeness (QED) is 0.900. The fourth-order valence-electron chi connectivity index (χ4n) is 3.67. The Morgan fingerprint density at radius 1 is 1.43 bits per heavy atom. The Kier molecular flexibility index (Phi) is 4.36. The Morgan fingerprint density at radius 2 is 2.19 bits per heavy atom. The maximum absolute atomic E-state index is 12.6. The number of nitrogens with one attached hydrogen (secondary N) is 1. The molecule has 3 nitrogen and oxygen atoms in total. The molecule has 1 atom stereocenters. The first-order chi connectivity index (χ1) is 10.1. The lowest BCUT2D eigenvalue weighted by Gasteiger charge is -2.36. The van der Waals surface area contributed by atoms with E-state index in [9.17, 15) is 9.90 Å². The van der Waals surface area contributed by atoms with E-state index in [4.69, 9.17) is 0 Å². The topological polar surface area (TPSA) is 49.3 Å². The average molecular weight is 307 g/mol. The van der Waals surface area contributed by atoms with Gasteiger partial charge in [-0.15, -0.1) is 11.3 Å². The largest absolute Gasteiger partial charge is 0.394 e. The predicted octanol–water partition coefficient (Wildman–Crippen LogP) is 3.30. The molecule has 4 heteroatoms. The number of aryl methyl sites for hydroxylation is 1. The van der Waals surface area contributed by atoms with Gasteiger partial charge in [-0.3, -0.25) is 4.79 Å². The first kappa shape index (κ1) is 15.0. The van der Waals surface area contributed by atoms with E-state index in [2.05, 4.69) is 18.3 Å². The summed E-state index contributed by atoms with van der Waals surface area (Å²) in [6, 6.07) is 2.08. The zero-order chi connectivity index (χ0) is 14.9. The number of rotatable bonds is 3. The van der Waals surface area contributed by atoms with E-state index in [1.165, 1.54) is 23.3 Å². The second-order valence-electron chi connectivity index (χ2n) is 6.86. The molecule has 1 aromatic heterocycles. The normalized spacial score (nSPS) is 24.4. The molecule has 0 spiro atoms. The number of amides is 1. The van der Waals surface area contributed by atoms with E-state index in [0.29, 0.717) is 0 Å². The fourth-order valence-corrected chi connectivity index (χ4v) is 4.77. The standard InChI is InChI=1S/C17H25NO2S/c1-12-5-6-14-13(9-12)10-15(21-14)16(20)18-17(11-19)7-3-2-4-8-17/h10,12,19H,2-9,11H2,1H3,(H,18,20). The van der Waals surface area contributed by atoms with Crippen molar-refractivity contribution in [3.63, 3.8) is 0 Å². The molecule has 0 aliphatic heterocycles. The number of aliphatic hydroxyl groups excluding tert-OH is 1. The minimum Gasteiger partial charge on any atom is -0.394 e. The molecule has 21 heavy (non-hydrogen) atoms. The highest BCUT2D eigenvalue weighted by Gasteiger charge is 2.33. The Balaban J connectivity index is 1.73. The smallest absolute Gasteiger partial charge is 0.261 e. The molecule has 2 aliphatic carbocycles. The summed E-state index contributed by atoms with van der Waals surface area (Å²) in [5.74, 6) is 0.739. The van der Waals surface area contributed by atoms with Crippen LogP contribution in [0.4, 0.5) is 0 Å². The van der Waals surface area contributed by atoms with Gasteiger partial charge >= 0.3 is 0 Å². The molecular weight excluding hydrogens is 282 g/mol. The summed E-state index contributed by atoms with van der Waals surface area (Å²) in [7, 11) is 0. The first-order valence-electron chi connectivity index (χ1n) is 8.17. The summed E-state index contributed by atoms with van der Waals surface area (Å²) >= 11 is 1.65. The van der Waals surface area contributed by atoms with Gasteiger partial charge in [0.1, 0.15) is 0 Å². The molecule has 2 aliphatic rings. The van der Waals surface area contributed by atoms with Gasteiger partial charge < -0.3 is 10.4 Å². The van der Waals surface area contributed by atoms with Crippen molar-refractivity contribution in [2.45, 2.75) is 63.8 Å². The van der Waals surface area contributed by atoms with Crippen LogP contribution in [0.2, 0.25) is 0 Å². The summed E-state index contributed by atoms with van der Waals surface area (Å²) in [5, 5.41) is 12.9.